The van der Waals surface area contributed by atoms with Gasteiger partial charge in [0.05, 0.1) is 16.4 Å². The molecule has 0 spiro atoms. The van der Waals surface area contributed by atoms with Crippen molar-refractivity contribution in [1.29, 1.82) is 0 Å². The summed E-state index contributed by atoms with van der Waals surface area (Å²) in [6, 6.07) is 4.36. The molecule has 1 aliphatic heterocycles. The Labute approximate surface area is 185 Å². The number of anilines is 1. The highest BCUT2D eigenvalue weighted by atomic mass is 32.2. The molecule has 0 saturated carbocycles. The van der Waals surface area contributed by atoms with Crippen LogP contribution in [0.2, 0.25) is 0 Å². The number of carboxylic acid groups (broad SMARTS) is 1. The molecule has 0 fully saturated rings. The van der Waals surface area contributed by atoms with Gasteiger partial charge in [-0.3, -0.25) is 14.4 Å². The van der Waals surface area contributed by atoms with E-state index in [0.29, 0.717) is 53.0 Å². The van der Waals surface area contributed by atoms with Crippen LogP contribution in [-0.4, -0.2) is 54.6 Å². The van der Waals surface area contributed by atoms with Gasteiger partial charge in [-0.1, -0.05) is 0 Å². The van der Waals surface area contributed by atoms with Crippen molar-refractivity contribution in [3.8, 4) is 0 Å². The van der Waals surface area contributed by atoms with Crippen LogP contribution in [0.25, 0.3) is 11.6 Å². The number of aliphatic carboxylic acids is 1. The molecule has 3 N–H and O–H groups in total. The van der Waals surface area contributed by atoms with E-state index in [9.17, 15) is 27.9 Å². The lowest BCUT2D eigenvalue weighted by Gasteiger charge is -2.14. The van der Waals surface area contributed by atoms with E-state index in [1.165, 1.54) is 45.3 Å². The summed E-state index contributed by atoms with van der Waals surface area (Å²) in [5, 5.41) is 12.3. The molecule has 10 heteroatoms. The van der Waals surface area contributed by atoms with Crippen LogP contribution in [0.5, 0.6) is 0 Å². The third kappa shape index (κ3) is 3.45. The first-order valence-electron chi connectivity index (χ1n) is 10.1. The summed E-state index contributed by atoms with van der Waals surface area (Å²) in [6.45, 7) is 1.50. The smallest absolute Gasteiger partial charge is 0.310 e. The Morgan fingerprint density at radius 1 is 1.22 bits per heavy atom. The predicted molar refractivity (Wildman–Crippen MR) is 118 cm³/mol. The molecule has 4 rings (SSSR count). The second-order valence-corrected chi connectivity index (χ2v) is 10.3. The molecule has 1 amide bonds. The number of fused-ring (bicyclic) bond motifs is 2. The van der Waals surface area contributed by atoms with E-state index < -0.39 is 27.8 Å². The number of amides is 1. The molecule has 2 aromatic rings. The second kappa shape index (κ2) is 7.72. The number of H-pyrrole nitrogens is 1. The van der Waals surface area contributed by atoms with Crippen LogP contribution in [0.3, 0.4) is 0 Å². The van der Waals surface area contributed by atoms with E-state index >= 15 is 0 Å². The quantitative estimate of drug-likeness (QED) is 0.590. The van der Waals surface area contributed by atoms with Crippen LogP contribution < -0.4 is 5.32 Å². The van der Waals surface area contributed by atoms with Gasteiger partial charge in [-0.25, -0.2) is 12.7 Å². The molecule has 168 valence electrons. The number of aryl methyl sites for hydroxylation is 1. The monoisotopic (exact) mass is 457 g/mol. The zero-order valence-corrected chi connectivity index (χ0v) is 18.7. The van der Waals surface area contributed by atoms with Crippen LogP contribution in [0.4, 0.5) is 5.69 Å². The molecular weight excluding hydrogens is 434 g/mol. The van der Waals surface area contributed by atoms with E-state index in [4.69, 9.17) is 0 Å². The van der Waals surface area contributed by atoms with Crippen LogP contribution in [0, 0.1) is 0 Å². The number of sulfonamides is 1. The van der Waals surface area contributed by atoms with Gasteiger partial charge in [-0.05, 0) is 44.0 Å². The topological polar surface area (TPSA) is 137 Å². The number of nitrogens with one attached hydrogen (secondary N) is 2. The van der Waals surface area contributed by atoms with Crippen LogP contribution >= 0.6 is 0 Å². The highest BCUT2D eigenvalue weighted by Gasteiger charge is 2.33. The van der Waals surface area contributed by atoms with Gasteiger partial charge >= 0.3 is 5.97 Å². The Morgan fingerprint density at radius 3 is 2.59 bits per heavy atom. The predicted octanol–water partition coefficient (Wildman–Crippen LogP) is 2.46. The fraction of sp³-hybridized carbons (Fsp3) is 0.318. The summed E-state index contributed by atoms with van der Waals surface area (Å²) < 4.78 is 26.2. The summed E-state index contributed by atoms with van der Waals surface area (Å²) in [5.41, 5.74) is 2.83. The highest BCUT2D eigenvalue weighted by Crippen LogP contribution is 2.38. The van der Waals surface area contributed by atoms with Crippen LogP contribution in [-0.2, 0) is 26.0 Å². The maximum Gasteiger partial charge on any atom is 0.310 e. The molecule has 9 nitrogen and oxygen atoms in total. The highest BCUT2D eigenvalue weighted by molar-refractivity contribution is 7.89. The average Bonchev–Trinajstić information content (AvgIpc) is 3.25. The number of nitrogens with zero attached hydrogens (tertiary/aromatic N) is 1. The molecular formula is C22H23N3O6S. The molecule has 1 aromatic heterocycles. The molecule has 1 aromatic carbocycles. The average molecular weight is 458 g/mol. The third-order valence-corrected chi connectivity index (χ3v) is 7.71. The number of carbonyl (C=O) groups is 3. The zero-order valence-electron chi connectivity index (χ0n) is 17.9. The first kappa shape index (κ1) is 22.0. The number of carboxylic acids is 1. The number of aromatic amines is 1. The first-order valence-corrected chi connectivity index (χ1v) is 11.6. The van der Waals surface area contributed by atoms with Crippen molar-refractivity contribution in [3.05, 3.63) is 46.3 Å². The Hall–Kier alpha value is -3.24. The lowest BCUT2D eigenvalue weighted by Crippen LogP contribution is -2.22. The number of Topliss-reactive ketones (excluding diaryl/α,β-unsaturated/α-hetero) is 1. The van der Waals surface area contributed by atoms with Crippen molar-refractivity contribution in [3.63, 3.8) is 0 Å². The van der Waals surface area contributed by atoms with Gasteiger partial charge in [0.15, 0.2) is 5.78 Å². The first-order chi connectivity index (χ1) is 15.0. The number of benzene rings is 1. The number of rotatable bonds is 5. The fourth-order valence-electron chi connectivity index (χ4n) is 4.16. The molecule has 2 heterocycles. The van der Waals surface area contributed by atoms with Crippen molar-refractivity contribution < 1.29 is 27.9 Å². The molecule has 32 heavy (non-hydrogen) atoms. The van der Waals surface area contributed by atoms with Gasteiger partial charge in [0.25, 0.3) is 5.91 Å². The summed E-state index contributed by atoms with van der Waals surface area (Å²) in [7, 11) is -0.879. The lowest BCUT2D eigenvalue weighted by atomic mass is 9.87. The van der Waals surface area contributed by atoms with Gasteiger partial charge in [0, 0.05) is 54.3 Å². The van der Waals surface area contributed by atoms with Gasteiger partial charge in [-0.15, -0.1) is 0 Å². The van der Waals surface area contributed by atoms with Crippen molar-refractivity contribution in [2.45, 2.75) is 37.0 Å². The molecule has 1 atom stereocenters. The minimum absolute atomic E-state index is 0.0312. The number of hydrogen-bond acceptors (Lipinski definition) is 5. The maximum atomic E-state index is 12.7. The summed E-state index contributed by atoms with van der Waals surface area (Å²) in [4.78, 5) is 40.2. The molecule has 1 aliphatic carbocycles. The van der Waals surface area contributed by atoms with Crippen LogP contribution in [0.1, 0.15) is 58.6 Å². The minimum atomic E-state index is -3.72. The molecule has 0 saturated heterocycles. The molecule has 0 radical (unpaired) electrons. The SMILES string of the molecule is CC(C(=O)O)c1c(/C=C2\C(=O)Nc3ccc(S(=O)(=O)N(C)C)cc32)[nH]c2c1C(=O)CCC2. The van der Waals surface area contributed by atoms with E-state index in [1.807, 2.05) is 0 Å². The lowest BCUT2D eigenvalue weighted by molar-refractivity contribution is -0.138. The standard InChI is InChI=1S/C22H23N3O6S/c1-11(22(28)29)19-17(23-16-5-4-6-18(26)20(16)19)10-14-13-9-12(32(30,31)25(2)3)7-8-15(13)24-21(14)27/h7-11,23H,4-6H2,1-3H3,(H,24,27)(H,28,29)/b14-10-. The Kier molecular flexibility index (Phi) is 5.30. The number of hydrogen-bond donors (Lipinski definition) is 3. The van der Waals surface area contributed by atoms with Gasteiger partial charge in [-0.2, -0.15) is 0 Å². The van der Waals surface area contributed by atoms with Gasteiger partial charge in [0.1, 0.15) is 0 Å². The summed E-state index contributed by atoms with van der Waals surface area (Å²) >= 11 is 0. The fourth-order valence-corrected chi connectivity index (χ4v) is 5.09. The van der Waals surface area contributed by atoms with Gasteiger partial charge < -0.3 is 15.4 Å². The minimum Gasteiger partial charge on any atom is -0.481 e. The van der Waals surface area contributed by atoms with Crippen molar-refractivity contribution >= 4 is 45.0 Å². The van der Waals surface area contributed by atoms with E-state index in [2.05, 4.69) is 10.3 Å². The van der Waals surface area contributed by atoms with Crippen LogP contribution in [0.15, 0.2) is 23.1 Å². The second-order valence-electron chi connectivity index (χ2n) is 8.15. The summed E-state index contributed by atoms with van der Waals surface area (Å²) in [5.74, 6) is -2.60. The van der Waals surface area contributed by atoms with E-state index in [-0.39, 0.29) is 16.3 Å². The maximum absolute atomic E-state index is 12.7. The Morgan fingerprint density at radius 2 is 1.94 bits per heavy atom. The van der Waals surface area contributed by atoms with E-state index in [0.717, 1.165) is 4.31 Å². The van der Waals surface area contributed by atoms with Gasteiger partial charge in [0.2, 0.25) is 10.0 Å². The number of ketones is 1. The van der Waals surface area contributed by atoms with E-state index in [1.54, 1.807) is 0 Å². The largest absolute Gasteiger partial charge is 0.481 e. The Balaban J connectivity index is 1.91. The molecule has 2 aliphatic rings. The number of carbonyl (C=O) groups excluding carboxylic acids is 2. The molecule has 0 bridgehead atoms. The normalized spacial score (nSPS) is 17.9. The Bertz CT molecular complexity index is 1300. The van der Waals surface area contributed by atoms with Crippen molar-refractivity contribution in [2.24, 2.45) is 0 Å². The zero-order chi connectivity index (χ0) is 23.4. The van der Waals surface area contributed by atoms with Crippen molar-refractivity contribution in [2.75, 3.05) is 19.4 Å². The third-order valence-electron chi connectivity index (χ3n) is 5.90. The van der Waals surface area contributed by atoms with Crippen molar-refractivity contribution in [1.82, 2.24) is 9.29 Å². The molecule has 1 unspecified atom stereocenters. The summed E-state index contributed by atoms with van der Waals surface area (Å²) in [6.07, 6.45) is 3.12. The number of aromatic nitrogens is 1.